The largest absolute Gasteiger partial charge is 0.309 e. The van der Waals surface area contributed by atoms with Crippen molar-refractivity contribution in [3.05, 3.63) is 309 Å². The predicted molar refractivity (Wildman–Crippen MR) is 369 cm³/mol. The summed E-state index contributed by atoms with van der Waals surface area (Å²) in [4.78, 5) is 16.6. The Bertz CT molecular complexity index is 5890. The third kappa shape index (κ3) is 7.90. The van der Waals surface area contributed by atoms with Crippen LogP contribution in [0.1, 0.15) is 5.56 Å². The van der Waals surface area contributed by atoms with Crippen LogP contribution < -0.4 is 0 Å². The zero-order valence-corrected chi connectivity index (χ0v) is 48.4. The molecule has 0 fully saturated rings. The van der Waals surface area contributed by atoms with Crippen LogP contribution in [0.4, 0.5) is 0 Å². The molecule has 0 saturated heterocycles. The van der Waals surface area contributed by atoms with Gasteiger partial charge in [-0.1, -0.05) is 200 Å². The van der Waals surface area contributed by atoms with Crippen molar-refractivity contribution in [2.75, 3.05) is 0 Å². The number of benzene rings is 13. The molecule has 0 radical (unpaired) electrons. The molecular weight excluding hydrogens is 1100 g/mol. The van der Waals surface area contributed by atoms with Gasteiger partial charge in [-0.15, -0.1) is 0 Å². The Hall–Kier alpha value is -12.4. The number of rotatable bonds is 9. The van der Waals surface area contributed by atoms with Gasteiger partial charge in [0.15, 0.2) is 17.5 Å². The first-order valence-electron chi connectivity index (χ1n) is 30.3. The second kappa shape index (κ2) is 20.3. The number of nitriles is 1. The zero-order valence-electron chi connectivity index (χ0n) is 48.4. The van der Waals surface area contributed by atoms with E-state index in [2.05, 4.69) is 267 Å². The van der Waals surface area contributed by atoms with E-state index in [-0.39, 0.29) is 0 Å². The van der Waals surface area contributed by atoms with Gasteiger partial charge in [0.05, 0.1) is 72.7 Å². The SMILES string of the molecule is N#Cc1ccc(-c2ccc(-n3c4ccccc4c4cc5c6ccccc6n(-c6ccccc6)c5cc43)c(-c3cccc(-n4c5ccccc5c5cc6c7ccccc7n(-c7ccccc7)c6cc54)c3-c3nc(-c4ccccc4)nc(-c4ccccc4)n3)c2)cc1. The minimum absolute atomic E-state index is 0.518. The summed E-state index contributed by atoms with van der Waals surface area (Å²) in [5, 5.41) is 19.3. The molecule has 0 aliphatic rings. The maximum Gasteiger partial charge on any atom is 0.166 e. The average molecular weight is 1150 g/mol. The molecular formula is C82H50N8. The van der Waals surface area contributed by atoms with Gasteiger partial charge in [0.25, 0.3) is 0 Å². The second-order valence-electron chi connectivity index (χ2n) is 23.0. The number of nitrogens with zero attached hydrogens (tertiary/aromatic N) is 8. The van der Waals surface area contributed by atoms with Crippen LogP contribution >= 0.6 is 0 Å². The van der Waals surface area contributed by atoms with Gasteiger partial charge in [-0.2, -0.15) is 5.26 Å². The van der Waals surface area contributed by atoms with Crippen molar-refractivity contribution in [1.82, 2.24) is 33.2 Å². The van der Waals surface area contributed by atoms with Crippen LogP contribution in [0, 0.1) is 11.3 Å². The van der Waals surface area contributed by atoms with E-state index in [1.54, 1.807) is 0 Å². The van der Waals surface area contributed by atoms with E-state index in [1.165, 1.54) is 21.5 Å². The van der Waals surface area contributed by atoms with E-state index in [0.717, 1.165) is 127 Å². The van der Waals surface area contributed by atoms with Gasteiger partial charge in [-0.05, 0) is 120 Å². The topological polar surface area (TPSA) is 82.2 Å². The molecule has 0 spiro atoms. The van der Waals surface area contributed by atoms with E-state index in [4.69, 9.17) is 15.0 Å². The lowest BCUT2D eigenvalue weighted by molar-refractivity contribution is 1.06. The normalized spacial score (nSPS) is 11.8. The molecule has 418 valence electrons. The summed E-state index contributed by atoms with van der Waals surface area (Å²) >= 11 is 0. The molecule has 8 nitrogen and oxygen atoms in total. The van der Waals surface area contributed by atoms with Crippen molar-refractivity contribution >= 4 is 87.2 Å². The lowest BCUT2D eigenvalue weighted by Crippen LogP contribution is -2.06. The van der Waals surface area contributed by atoms with E-state index >= 15 is 0 Å². The standard InChI is InChI=1S/C82H50N8/c83-51-52-40-42-53(43-41-52)56-44-45-73(89-71-37-19-15-32-61(71)67-47-65-59-30-13-17-35-69(59)87(75(65)49-77(67)89)57-26-9-3-10-27-57)64(46-56)63-34-21-39-74(79(63)82-85-80(54-22-5-1-6-23-54)84-81(86-82)55-24-7-2-8-25-55)90-72-38-20-16-33-62(72)68-48-66-60-31-14-18-36-70(60)88(76(66)50-78(68)90)58-28-11-4-12-29-58/h1-50H. The van der Waals surface area contributed by atoms with Crippen LogP contribution in [0.15, 0.2) is 303 Å². The number of hydrogen-bond donors (Lipinski definition) is 0. The van der Waals surface area contributed by atoms with Crippen molar-refractivity contribution in [3.8, 4) is 85.2 Å². The third-order valence-electron chi connectivity index (χ3n) is 18.0. The fraction of sp³-hybridized carbons (Fsp3) is 0. The molecule has 5 heterocycles. The van der Waals surface area contributed by atoms with Crippen molar-refractivity contribution in [2.24, 2.45) is 0 Å². The fourth-order valence-corrected chi connectivity index (χ4v) is 14.1. The third-order valence-corrected chi connectivity index (χ3v) is 18.0. The van der Waals surface area contributed by atoms with E-state index in [9.17, 15) is 5.26 Å². The Morgan fingerprint density at radius 2 is 0.633 bits per heavy atom. The maximum absolute atomic E-state index is 10.0. The monoisotopic (exact) mass is 1150 g/mol. The summed E-state index contributed by atoms with van der Waals surface area (Å²) in [6.07, 6.45) is 0. The van der Waals surface area contributed by atoms with Crippen LogP contribution in [-0.4, -0.2) is 33.2 Å². The smallest absolute Gasteiger partial charge is 0.166 e. The second-order valence-corrected chi connectivity index (χ2v) is 23.0. The summed E-state index contributed by atoms with van der Waals surface area (Å²) in [6, 6.07) is 110. The molecule has 0 amide bonds. The van der Waals surface area contributed by atoms with Crippen LogP contribution in [0.25, 0.3) is 166 Å². The Morgan fingerprint density at radius 3 is 1.10 bits per heavy atom. The Kier molecular flexibility index (Phi) is 11.5. The first kappa shape index (κ1) is 50.8. The summed E-state index contributed by atoms with van der Waals surface area (Å²) in [5.74, 6) is 1.64. The van der Waals surface area contributed by atoms with E-state index < -0.39 is 0 Å². The Morgan fingerprint density at radius 1 is 0.244 bits per heavy atom. The van der Waals surface area contributed by atoms with Gasteiger partial charge in [-0.25, -0.2) is 15.0 Å². The van der Waals surface area contributed by atoms with Crippen LogP contribution in [0.3, 0.4) is 0 Å². The van der Waals surface area contributed by atoms with Crippen LogP contribution in [0.2, 0.25) is 0 Å². The Labute approximate surface area is 516 Å². The summed E-state index contributed by atoms with van der Waals surface area (Å²) in [5.41, 5.74) is 19.7. The molecule has 8 heteroatoms. The first-order valence-corrected chi connectivity index (χ1v) is 30.3. The van der Waals surface area contributed by atoms with Crippen molar-refractivity contribution in [1.29, 1.82) is 5.26 Å². The van der Waals surface area contributed by atoms with Crippen molar-refractivity contribution in [2.45, 2.75) is 0 Å². The molecule has 0 atom stereocenters. The highest BCUT2D eigenvalue weighted by atomic mass is 15.1. The van der Waals surface area contributed by atoms with Crippen LogP contribution in [-0.2, 0) is 0 Å². The Balaban J connectivity index is 0.998. The summed E-state index contributed by atoms with van der Waals surface area (Å²) in [6.45, 7) is 0. The minimum atomic E-state index is 0.518. The number of fused-ring (bicyclic) bond motifs is 12. The number of aromatic nitrogens is 7. The molecule has 0 N–H and O–H groups in total. The highest BCUT2D eigenvalue weighted by Gasteiger charge is 2.28. The molecule has 90 heavy (non-hydrogen) atoms. The number of hydrogen-bond acceptors (Lipinski definition) is 4. The van der Waals surface area contributed by atoms with Gasteiger partial charge in [-0.3, -0.25) is 0 Å². The van der Waals surface area contributed by atoms with Gasteiger partial charge in [0.2, 0.25) is 0 Å². The van der Waals surface area contributed by atoms with Gasteiger partial charge >= 0.3 is 0 Å². The highest BCUT2D eigenvalue weighted by Crippen LogP contribution is 2.48. The zero-order chi connectivity index (χ0) is 59.4. The molecule has 0 bridgehead atoms. The summed E-state index contributed by atoms with van der Waals surface area (Å²) in [7, 11) is 0. The quantitative estimate of drug-likeness (QED) is 0.144. The molecule has 18 rings (SSSR count). The van der Waals surface area contributed by atoms with Gasteiger partial charge < -0.3 is 18.3 Å². The highest BCUT2D eigenvalue weighted by molar-refractivity contribution is 6.21. The van der Waals surface area contributed by atoms with Gasteiger partial charge in [0.1, 0.15) is 0 Å². The minimum Gasteiger partial charge on any atom is -0.309 e. The molecule has 5 aromatic heterocycles. The molecule has 0 saturated carbocycles. The average Bonchev–Trinajstić information content (AvgIpc) is 1.56. The van der Waals surface area contributed by atoms with E-state index in [0.29, 0.717) is 23.0 Å². The lowest BCUT2D eigenvalue weighted by atomic mass is 9.92. The number of para-hydroxylation sites is 6. The molecule has 0 aliphatic heterocycles. The first-order chi connectivity index (χ1) is 44.6. The molecule has 0 unspecified atom stereocenters. The van der Waals surface area contributed by atoms with Gasteiger partial charge in [0, 0.05) is 71.2 Å². The lowest BCUT2D eigenvalue weighted by Gasteiger charge is -2.21. The van der Waals surface area contributed by atoms with E-state index in [1.807, 2.05) is 60.7 Å². The fourth-order valence-electron chi connectivity index (χ4n) is 14.1. The summed E-state index contributed by atoms with van der Waals surface area (Å²) < 4.78 is 9.70. The predicted octanol–water partition coefficient (Wildman–Crippen LogP) is 20.5. The van der Waals surface area contributed by atoms with Crippen LogP contribution in [0.5, 0.6) is 0 Å². The molecule has 18 aromatic rings. The van der Waals surface area contributed by atoms with Crippen molar-refractivity contribution < 1.29 is 0 Å². The van der Waals surface area contributed by atoms with Crippen molar-refractivity contribution in [3.63, 3.8) is 0 Å². The molecule has 13 aromatic carbocycles. The molecule has 0 aliphatic carbocycles. The maximum atomic E-state index is 10.0.